The van der Waals surface area contributed by atoms with Crippen molar-refractivity contribution < 1.29 is 14.3 Å². The van der Waals surface area contributed by atoms with E-state index in [1.165, 1.54) is 5.56 Å². The van der Waals surface area contributed by atoms with E-state index in [4.69, 9.17) is 4.74 Å². The fourth-order valence-corrected chi connectivity index (χ4v) is 4.68. The number of amides is 2. The summed E-state index contributed by atoms with van der Waals surface area (Å²) in [6.45, 7) is 3.40. The number of nitrogens with one attached hydrogen (secondary N) is 1. The first-order chi connectivity index (χ1) is 15.6. The summed E-state index contributed by atoms with van der Waals surface area (Å²) in [5.41, 5.74) is 1.59. The largest absolute Gasteiger partial charge is 0.373 e. The van der Waals surface area contributed by atoms with E-state index in [-0.39, 0.29) is 11.8 Å². The first-order valence-corrected chi connectivity index (χ1v) is 11.7. The Hall–Kier alpha value is -2.74. The fourth-order valence-electron chi connectivity index (χ4n) is 4.68. The molecule has 0 aliphatic carbocycles. The molecule has 1 fully saturated rings. The predicted octanol–water partition coefficient (Wildman–Crippen LogP) is 2.34. The molecule has 1 spiro atoms. The number of nitrogens with zero attached hydrogens (tertiary/aromatic N) is 4. The minimum Gasteiger partial charge on any atom is -0.373 e. The lowest BCUT2D eigenvalue weighted by Gasteiger charge is -2.41. The van der Waals surface area contributed by atoms with Gasteiger partial charge in [-0.15, -0.1) is 5.10 Å². The second kappa shape index (κ2) is 10.7. The molecule has 0 atom stereocenters. The molecule has 2 amide bonds. The van der Waals surface area contributed by atoms with Crippen molar-refractivity contribution in [3.8, 4) is 0 Å². The van der Waals surface area contributed by atoms with Gasteiger partial charge < -0.3 is 15.0 Å². The number of hydrogen-bond acceptors (Lipinski definition) is 5. The van der Waals surface area contributed by atoms with Gasteiger partial charge in [0.05, 0.1) is 24.8 Å². The normalized spacial score (nSPS) is 19.9. The van der Waals surface area contributed by atoms with Gasteiger partial charge in [0.2, 0.25) is 11.8 Å². The van der Waals surface area contributed by atoms with E-state index in [2.05, 4.69) is 27.8 Å². The Labute approximate surface area is 189 Å². The summed E-state index contributed by atoms with van der Waals surface area (Å²) in [5.74, 6) is 0.284. The number of carbonyl (C=O) groups is 2. The monoisotopic (exact) mass is 439 g/mol. The number of aryl methyl sites for hydroxylation is 2. The lowest BCUT2D eigenvalue weighted by Crippen LogP contribution is -2.50. The zero-order valence-corrected chi connectivity index (χ0v) is 18.7. The summed E-state index contributed by atoms with van der Waals surface area (Å²) in [4.78, 5) is 27.9. The Kier molecular flexibility index (Phi) is 7.52. The molecular formula is C24H33N5O3. The van der Waals surface area contributed by atoms with Crippen molar-refractivity contribution in [1.82, 2.24) is 25.2 Å². The summed E-state index contributed by atoms with van der Waals surface area (Å²) >= 11 is 0. The van der Waals surface area contributed by atoms with Gasteiger partial charge in [0.15, 0.2) is 0 Å². The molecule has 4 rings (SSSR count). The van der Waals surface area contributed by atoms with E-state index in [0.717, 1.165) is 37.9 Å². The van der Waals surface area contributed by atoms with Gasteiger partial charge in [0, 0.05) is 32.6 Å². The van der Waals surface area contributed by atoms with Crippen LogP contribution in [0.1, 0.15) is 49.8 Å². The van der Waals surface area contributed by atoms with Crippen LogP contribution in [0.25, 0.3) is 0 Å². The van der Waals surface area contributed by atoms with Gasteiger partial charge in [-0.2, -0.15) is 0 Å². The van der Waals surface area contributed by atoms with Gasteiger partial charge in [-0.1, -0.05) is 42.0 Å². The van der Waals surface area contributed by atoms with Crippen molar-refractivity contribution in [2.75, 3.05) is 26.2 Å². The summed E-state index contributed by atoms with van der Waals surface area (Å²) in [6.07, 6.45) is 7.34. The summed E-state index contributed by atoms with van der Waals surface area (Å²) < 4.78 is 7.48. The number of hydrogen-bond donors (Lipinski definition) is 1. The summed E-state index contributed by atoms with van der Waals surface area (Å²) in [7, 11) is 0. The molecule has 8 nitrogen and oxygen atoms in total. The van der Waals surface area contributed by atoms with Gasteiger partial charge in [-0.25, -0.2) is 0 Å². The number of likely N-dealkylation sites (tertiary alicyclic amines) is 1. The zero-order valence-electron chi connectivity index (χ0n) is 18.7. The molecule has 2 aromatic rings. The maximum atomic E-state index is 13.2. The van der Waals surface area contributed by atoms with Gasteiger partial charge in [0.25, 0.3) is 0 Å². The maximum absolute atomic E-state index is 13.2. The molecule has 1 aromatic carbocycles. The third-order valence-electron chi connectivity index (χ3n) is 6.69. The number of aromatic nitrogens is 3. The molecule has 0 saturated carbocycles. The molecule has 1 N–H and O–H groups in total. The van der Waals surface area contributed by atoms with E-state index in [1.807, 2.05) is 34.0 Å². The van der Waals surface area contributed by atoms with Crippen LogP contribution in [0.4, 0.5) is 0 Å². The molecule has 32 heavy (non-hydrogen) atoms. The van der Waals surface area contributed by atoms with E-state index in [0.29, 0.717) is 52.1 Å². The number of fused-ring (bicyclic) bond motifs is 2. The van der Waals surface area contributed by atoms with Crippen LogP contribution in [0.2, 0.25) is 0 Å². The minimum atomic E-state index is -0.409. The second-order valence-corrected chi connectivity index (χ2v) is 8.89. The maximum Gasteiger partial charge on any atom is 0.226 e. The molecule has 3 heterocycles. The van der Waals surface area contributed by atoms with Gasteiger partial charge in [-0.05, 0) is 37.7 Å². The number of rotatable bonds is 3. The topological polar surface area (TPSA) is 89.3 Å². The third kappa shape index (κ3) is 5.73. The van der Waals surface area contributed by atoms with Gasteiger partial charge in [0.1, 0.15) is 5.69 Å². The Morgan fingerprint density at radius 2 is 1.91 bits per heavy atom. The van der Waals surface area contributed by atoms with Crippen molar-refractivity contribution >= 4 is 11.8 Å². The molecule has 8 heteroatoms. The Morgan fingerprint density at radius 3 is 2.72 bits per heavy atom. The van der Waals surface area contributed by atoms with Crippen molar-refractivity contribution in [1.29, 1.82) is 0 Å². The van der Waals surface area contributed by atoms with Crippen LogP contribution in [0.5, 0.6) is 0 Å². The average Bonchev–Trinajstić information content (AvgIpc) is 3.28. The van der Waals surface area contributed by atoms with Crippen molar-refractivity contribution in [2.45, 2.75) is 58.1 Å². The molecule has 172 valence electrons. The van der Waals surface area contributed by atoms with Crippen LogP contribution in [-0.2, 0) is 33.9 Å². The highest BCUT2D eigenvalue weighted by Gasteiger charge is 2.41. The number of piperidine rings is 1. The zero-order chi connectivity index (χ0) is 22.2. The Bertz CT molecular complexity index is 890. The van der Waals surface area contributed by atoms with Crippen LogP contribution in [-0.4, -0.2) is 57.9 Å². The lowest BCUT2D eigenvalue weighted by atomic mass is 9.73. The van der Waals surface area contributed by atoms with Crippen molar-refractivity contribution in [3.05, 3.63) is 47.8 Å². The second-order valence-electron chi connectivity index (χ2n) is 8.89. The SMILES string of the molecule is O=C(CCc1ccccc1)N1CCC2(CCCCn3cc(nn3)COCCNC2=O)CC1. The Balaban J connectivity index is 1.33. The molecule has 1 saturated heterocycles. The first kappa shape index (κ1) is 22.5. The fraction of sp³-hybridized carbons (Fsp3) is 0.583. The summed E-state index contributed by atoms with van der Waals surface area (Å²) in [5, 5.41) is 11.4. The highest BCUT2D eigenvalue weighted by molar-refractivity contribution is 5.83. The van der Waals surface area contributed by atoms with E-state index < -0.39 is 5.41 Å². The van der Waals surface area contributed by atoms with Crippen LogP contribution in [0, 0.1) is 5.41 Å². The van der Waals surface area contributed by atoms with Crippen molar-refractivity contribution in [3.63, 3.8) is 0 Å². The number of carbonyl (C=O) groups excluding carboxylic acids is 2. The molecule has 0 unspecified atom stereocenters. The molecule has 2 aliphatic rings. The molecular weight excluding hydrogens is 406 g/mol. The van der Waals surface area contributed by atoms with E-state index >= 15 is 0 Å². The predicted molar refractivity (Wildman–Crippen MR) is 120 cm³/mol. The molecule has 2 aliphatic heterocycles. The lowest BCUT2D eigenvalue weighted by molar-refractivity contribution is -0.141. The van der Waals surface area contributed by atoms with Gasteiger partial charge >= 0.3 is 0 Å². The van der Waals surface area contributed by atoms with Crippen LogP contribution in [0.15, 0.2) is 36.5 Å². The smallest absolute Gasteiger partial charge is 0.226 e. The summed E-state index contributed by atoms with van der Waals surface area (Å²) in [6, 6.07) is 10.1. The number of ether oxygens (including phenoxy) is 1. The third-order valence-corrected chi connectivity index (χ3v) is 6.69. The standard InChI is InChI=1S/C24H33N5O3/c30-22(9-8-20-6-2-1-3-7-20)28-15-11-24(12-16-28)10-4-5-14-29-18-21(26-27-29)19-32-17-13-25-23(24)31/h1-3,6-7,18H,4-5,8-17,19H2,(H,25,31). The highest BCUT2D eigenvalue weighted by atomic mass is 16.5. The molecule has 1 aromatic heterocycles. The van der Waals surface area contributed by atoms with Gasteiger partial charge in [-0.3, -0.25) is 14.3 Å². The Morgan fingerprint density at radius 1 is 1.09 bits per heavy atom. The number of benzene rings is 1. The van der Waals surface area contributed by atoms with Crippen LogP contribution < -0.4 is 5.32 Å². The van der Waals surface area contributed by atoms with Crippen molar-refractivity contribution in [2.24, 2.45) is 5.41 Å². The van der Waals surface area contributed by atoms with E-state index in [9.17, 15) is 9.59 Å². The van der Waals surface area contributed by atoms with E-state index in [1.54, 1.807) is 0 Å². The first-order valence-electron chi connectivity index (χ1n) is 11.7. The quantitative estimate of drug-likeness (QED) is 0.793. The minimum absolute atomic E-state index is 0.103. The molecule has 2 bridgehead atoms. The highest BCUT2D eigenvalue weighted by Crippen LogP contribution is 2.37. The van der Waals surface area contributed by atoms with Crippen LogP contribution >= 0.6 is 0 Å². The molecule has 0 radical (unpaired) electrons. The van der Waals surface area contributed by atoms with Crippen LogP contribution in [0.3, 0.4) is 0 Å². The average molecular weight is 440 g/mol.